The zero-order valence-electron chi connectivity index (χ0n) is 11.3. The Morgan fingerprint density at radius 3 is 1.32 bits per heavy atom. The van der Waals surface area contributed by atoms with Crippen LogP contribution in [0.5, 0.6) is 0 Å². The average molecular weight is 266 g/mol. The molecule has 0 unspecified atom stereocenters. The number of hydrogen-bond donors (Lipinski definition) is 0. The van der Waals surface area contributed by atoms with E-state index in [1.807, 2.05) is 13.8 Å². The van der Waals surface area contributed by atoms with Gasteiger partial charge in [-0.3, -0.25) is 0 Å². The van der Waals surface area contributed by atoms with E-state index in [9.17, 15) is 0 Å². The van der Waals surface area contributed by atoms with E-state index in [2.05, 4.69) is 72.8 Å². The second-order valence-electron chi connectivity index (χ2n) is 4.24. The summed E-state index contributed by atoms with van der Waals surface area (Å²) in [4.78, 5) is 2.54. The fourth-order valence-corrected chi connectivity index (χ4v) is 2.63. The lowest BCUT2D eigenvalue weighted by atomic mass is 10.2. The normalized spacial score (nSPS) is 11.5. The average Bonchev–Trinajstić information content (AvgIpc) is 2.44. The summed E-state index contributed by atoms with van der Waals surface area (Å²) in [5.74, 6) is 0. The van der Waals surface area contributed by atoms with Crippen LogP contribution < -0.4 is 0 Å². The number of benzene rings is 2. The Labute approximate surface area is 119 Å². The summed E-state index contributed by atoms with van der Waals surface area (Å²) in [7, 11) is 0. The molecule has 0 aliphatic carbocycles. The van der Waals surface area contributed by atoms with Gasteiger partial charge in [0.1, 0.15) is 0 Å². The molecule has 0 amide bonds. The van der Waals surface area contributed by atoms with Crippen molar-refractivity contribution in [1.82, 2.24) is 0 Å². The van der Waals surface area contributed by atoms with Gasteiger partial charge in [-0.1, -0.05) is 60.3 Å². The van der Waals surface area contributed by atoms with Crippen molar-refractivity contribution >= 4 is 23.9 Å². The van der Waals surface area contributed by atoms with E-state index in [0.29, 0.717) is 0 Å². The lowest BCUT2D eigenvalue weighted by Crippen LogP contribution is -1.76. The highest BCUT2D eigenvalue weighted by Gasteiger charge is 1.97. The van der Waals surface area contributed by atoms with Crippen LogP contribution in [0.25, 0.3) is 12.2 Å². The highest BCUT2D eigenvalue weighted by Crippen LogP contribution is 2.28. The van der Waals surface area contributed by atoms with Crippen molar-refractivity contribution in [3.63, 3.8) is 0 Å². The summed E-state index contributed by atoms with van der Waals surface area (Å²) in [6.07, 6.45) is 8.34. The summed E-state index contributed by atoms with van der Waals surface area (Å²) >= 11 is 1.79. The van der Waals surface area contributed by atoms with E-state index in [4.69, 9.17) is 0 Å². The highest BCUT2D eigenvalue weighted by atomic mass is 32.2. The van der Waals surface area contributed by atoms with Gasteiger partial charge in [0.25, 0.3) is 0 Å². The summed E-state index contributed by atoms with van der Waals surface area (Å²) in [6, 6.07) is 17.3. The lowest BCUT2D eigenvalue weighted by Gasteiger charge is -2.03. The molecule has 0 fully saturated rings. The smallest absolute Gasteiger partial charge is 0.0122 e. The van der Waals surface area contributed by atoms with Gasteiger partial charge in [-0.2, -0.15) is 0 Å². The number of hydrogen-bond acceptors (Lipinski definition) is 1. The minimum Gasteiger partial charge on any atom is -0.0901 e. The van der Waals surface area contributed by atoms with Crippen LogP contribution in [0.2, 0.25) is 0 Å². The first kappa shape index (κ1) is 13.7. The Morgan fingerprint density at radius 2 is 1.00 bits per heavy atom. The first-order valence-corrected chi connectivity index (χ1v) is 7.27. The van der Waals surface area contributed by atoms with Gasteiger partial charge >= 0.3 is 0 Å². The zero-order valence-corrected chi connectivity index (χ0v) is 12.2. The van der Waals surface area contributed by atoms with Crippen LogP contribution in [0, 0.1) is 0 Å². The third-order valence-corrected chi connectivity index (χ3v) is 3.73. The molecular formula is C18H18S. The van der Waals surface area contributed by atoms with Gasteiger partial charge in [-0.05, 0) is 49.2 Å². The van der Waals surface area contributed by atoms with Crippen LogP contribution in [-0.4, -0.2) is 0 Å². The fourth-order valence-electron chi connectivity index (χ4n) is 1.81. The minimum absolute atomic E-state index is 1.25. The molecule has 2 aromatic carbocycles. The highest BCUT2D eigenvalue weighted by molar-refractivity contribution is 7.99. The summed E-state index contributed by atoms with van der Waals surface area (Å²) < 4.78 is 0. The Morgan fingerprint density at radius 1 is 0.632 bits per heavy atom. The topological polar surface area (TPSA) is 0 Å². The predicted octanol–water partition coefficient (Wildman–Crippen LogP) is 5.90. The largest absolute Gasteiger partial charge is 0.0901 e. The molecule has 19 heavy (non-hydrogen) atoms. The molecule has 1 heteroatoms. The van der Waals surface area contributed by atoms with E-state index in [0.717, 1.165) is 0 Å². The molecule has 0 aliphatic heterocycles. The van der Waals surface area contributed by atoms with Crippen LogP contribution >= 0.6 is 11.8 Å². The fraction of sp³-hybridized carbons (Fsp3) is 0.111. The summed E-state index contributed by atoms with van der Waals surface area (Å²) in [6.45, 7) is 4.07. The lowest BCUT2D eigenvalue weighted by molar-refractivity contribution is 1.39. The molecule has 0 bridgehead atoms. The minimum atomic E-state index is 1.25. The van der Waals surface area contributed by atoms with Crippen molar-refractivity contribution < 1.29 is 0 Å². The third kappa shape index (κ3) is 4.15. The Hall–Kier alpha value is -1.73. The van der Waals surface area contributed by atoms with E-state index in [-0.39, 0.29) is 0 Å². The summed E-state index contributed by atoms with van der Waals surface area (Å²) in [5.41, 5.74) is 2.49. The molecule has 2 aromatic rings. The van der Waals surface area contributed by atoms with Crippen LogP contribution in [0.15, 0.2) is 70.5 Å². The van der Waals surface area contributed by atoms with Crippen LogP contribution in [0.3, 0.4) is 0 Å². The van der Waals surface area contributed by atoms with Gasteiger partial charge in [0.05, 0.1) is 0 Å². The molecule has 0 radical (unpaired) electrons. The SMILES string of the molecule is CC=Cc1ccc(Sc2ccc(C=CC)cc2)cc1. The van der Waals surface area contributed by atoms with E-state index in [1.54, 1.807) is 11.8 Å². The van der Waals surface area contributed by atoms with Gasteiger partial charge in [-0.15, -0.1) is 0 Å². The van der Waals surface area contributed by atoms with E-state index >= 15 is 0 Å². The maximum atomic E-state index is 2.17. The van der Waals surface area contributed by atoms with E-state index in [1.165, 1.54) is 20.9 Å². The van der Waals surface area contributed by atoms with Gasteiger partial charge in [0.2, 0.25) is 0 Å². The molecule has 0 nitrogen and oxygen atoms in total. The predicted molar refractivity (Wildman–Crippen MR) is 86.4 cm³/mol. The molecule has 2 rings (SSSR count). The number of rotatable bonds is 4. The Balaban J connectivity index is 2.07. The molecule has 0 spiro atoms. The second kappa shape index (κ2) is 7.01. The van der Waals surface area contributed by atoms with Crippen LogP contribution in [0.4, 0.5) is 0 Å². The molecular weight excluding hydrogens is 248 g/mol. The monoisotopic (exact) mass is 266 g/mol. The molecule has 96 valence electrons. The van der Waals surface area contributed by atoms with Gasteiger partial charge in [0, 0.05) is 9.79 Å². The van der Waals surface area contributed by atoms with Gasteiger partial charge < -0.3 is 0 Å². The summed E-state index contributed by atoms with van der Waals surface area (Å²) in [5, 5.41) is 0. The van der Waals surface area contributed by atoms with Crippen molar-refractivity contribution in [3.05, 3.63) is 71.8 Å². The van der Waals surface area contributed by atoms with Crippen molar-refractivity contribution in [2.24, 2.45) is 0 Å². The van der Waals surface area contributed by atoms with Crippen molar-refractivity contribution in [1.29, 1.82) is 0 Å². The molecule has 0 heterocycles. The Bertz CT molecular complexity index is 506. The maximum absolute atomic E-state index is 2.17. The van der Waals surface area contributed by atoms with Gasteiger partial charge in [0.15, 0.2) is 0 Å². The van der Waals surface area contributed by atoms with Crippen molar-refractivity contribution in [3.8, 4) is 0 Å². The molecule has 0 saturated carbocycles. The maximum Gasteiger partial charge on any atom is 0.0122 e. The van der Waals surface area contributed by atoms with E-state index < -0.39 is 0 Å². The standard InChI is InChI=1S/C18H18S/c1-3-5-15-7-11-17(12-8-15)19-18-13-9-16(6-4-2)10-14-18/h3-14H,1-2H3. The molecule has 0 atom stereocenters. The first-order valence-electron chi connectivity index (χ1n) is 6.45. The van der Waals surface area contributed by atoms with Crippen molar-refractivity contribution in [2.45, 2.75) is 23.6 Å². The first-order chi connectivity index (χ1) is 9.31. The second-order valence-corrected chi connectivity index (χ2v) is 5.39. The third-order valence-electron chi connectivity index (χ3n) is 2.71. The van der Waals surface area contributed by atoms with Crippen LogP contribution in [0.1, 0.15) is 25.0 Å². The quantitative estimate of drug-likeness (QED) is 0.663. The zero-order chi connectivity index (χ0) is 13.5. The molecule has 0 N–H and O–H groups in total. The molecule has 0 aromatic heterocycles. The number of allylic oxidation sites excluding steroid dienone is 2. The molecule has 0 saturated heterocycles. The van der Waals surface area contributed by atoms with Crippen molar-refractivity contribution in [2.75, 3.05) is 0 Å². The van der Waals surface area contributed by atoms with Crippen LogP contribution in [-0.2, 0) is 0 Å². The molecule has 0 aliphatic rings. The Kier molecular flexibility index (Phi) is 5.05. The van der Waals surface area contributed by atoms with Gasteiger partial charge in [-0.25, -0.2) is 0 Å².